The molecule has 1 aliphatic heterocycles. The summed E-state index contributed by atoms with van der Waals surface area (Å²) < 4.78 is 5.27. The van der Waals surface area contributed by atoms with Crippen LogP contribution in [0.15, 0.2) is 48.5 Å². The SMILES string of the molecule is COc1ccc(/C=C2\CCCc3c2nc2ccccc2c3C(=O)NC2CCCNC2=O)cc1. The highest BCUT2D eigenvalue weighted by molar-refractivity contribution is 6.10. The second-order valence-corrected chi connectivity index (χ2v) is 8.59. The lowest BCUT2D eigenvalue weighted by molar-refractivity contribution is -0.124. The Hall–Kier alpha value is -3.67. The second kappa shape index (κ2) is 9.06. The van der Waals surface area contributed by atoms with Gasteiger partial charge in [0, 0.05) is 11.9 Å². The van der Waals surface area contributed by atoms with E-state index < -0.39 is 6.04 Å². The van der Waals surface area contributed by atoms with Gasteiger partial charge >= 0.3 is 0 Å². The zero-order chi connectivity index (χ0) is 22.8. The molecule has 0 radical (unpaired) electrons. The van der Waals surface area contributed by atoms with Crippen molar-refractivity contribution in [3.05, 3.63) is 70.9 Å². The van der Waals surface area contributed by atoms with Crippen LogP contribution in [0.4, 0.5) is 0 Å². The van der Waals surface area contributed by atoms with Gasteiger partial charge < -0.3 is 15.4 Å². The summed E-state index contributed by atoms with van der Waals surface area (Å²) in [5, 5.41) is 6.67. The second-order valence-electron chi connectivity index (χ2n) is 8.59. The highest BCUT2D eigenvalue weighted by Gasteiger charge is 2.29. The molecule has 1 fully saturated rings. The summed E-state index contributed by atoms with van der Waals surface area (Å²) in [6.07, 6.45) is 6.30. The predicted octanol–water partition coefficient (Wildman–Crippen LogP) is 4.13. The van der Waals surface area contributed by atoms with Gasteiger partial charge in [-0.3, -0.25) is 9.59 Å². The summed E-state index contributed by atoms with van der Waals surface area (Å²) in [6, 6.07) is 15.2. The molecule has 168 valence electrons. The number of fused-ring (bicyclic) bond motifs is 2. The van der Waals surface area contributed by atoms with Crippen molar-refractivity contribution in [1.82, 2.24) is 15.6 Å². The maximum absolute atomic E-state index is 13.5. The fraction of sp³-hybridized carbons (Fsp3) is 0.296. The van der Waals surface area contributed by atoms with Gasteiger partial charge in [0.05, 0.1) is 23.9 Å². The van der Waals surface area contributed by atoms with Crippen LogP contribution in [0, 0.1) is 0 Å². The molecule has 1 aliphatic carbocycles. The minimum Gasteiger partial charge on any atom is -0.497 e. The van der Waals surface area contributed by atoms with Gasteiger partial charge in [-0.25, -0.2) is 4.98 Å². The van der Waals surface area contributed by atoms with Crippen molar-refractivity contribution in [3.63, 3.8) is 0 Å². The Bertz CT molecular complexity index is 1250. The third-order valence-electron chi connectivity index (χ3n) is 6.44. The molecule has 2 N–H and O–H groups in total. The van der Waals surface area contributed by atoms with Crippen molar-refractivity contribution in [2.75, 3.05) is 13.7 Å². The van der Waals surface area contributed by atoms with Gasteiger partial charge in [0.2, 0.25) is 5.91 Å². The van der Waals surface area contributed by atoms with Gasteiger partial charge in [0.25, 0.3) is 5.91 Å². The van der Waals surface area contributed by atoms with Crippen molar-refractivity contribution < 1.29 is 14.3 Å². The van der Waals surface area contributed by atoms with Crippen LogP contribution in [0.5, 0.6) is 5.75 Å². The van der Waals surface area contributed by atoms with Crippen molar-refractivity contribution in [2.24, 2.45) is 0 Å². The largest absolute Gasteiger partial charge is 0.497 e. The lowest BCUT2D eigenvalue weighted by Crippen LogP contribution is -2.50. The normalized spacial score (nSPS) is 19.1. The minimum absolute atomic E-state index is 0.109. The van der Waals surface area contributed by atoms with Gasteiger partial charge in [0.1, 0.15) is 11.8 Å². The number of carbonyl (C=O) groups excluding carboxylic acids is 2. The standard InChI is InChI=1S/C27H27N3O3/c1-33-19-13-11-17(12-14-19)16-18-6-4-8-21-24(20-7-2-3-9-22(20)29-25(18)21)27(32)30-23-10-5-15-28-26(23)31/h2-3,7,9,11-14,16,23H,4-6,8,10,15H2,1H3,(H,28,31)(H,30,32)/b18-16+. The molecule has 1 unspecified atom stereocenters. The lowest BCUT2D eigenvalue weighted by Gasteiger charge is -2.26. The molecule has 5 rings (SSSR count). The van der Waals surface area contributed by atoms with E-state index in [2.05, 4.69) is 16.7 Å². The van der Waals surface area contributed by atoms with Crippen LogP contribution in [-0.4, -0.2) is 36.5 Å². The van der Waals surface area contributed by atoms with Crippen molar-refractivity contribution in [1.29, 1.82) is 0 Å². The summed E-state index contributed by atoms with van der Waals surface area (Å²) in [5.41, 5.74) is 5.48. The molecule has 33 heavy (non-hydrogen) atoms. The summed E-state index contributed by atoms with van der Waals surface area (Å²) >= 11 is 0. The molecule has 0 bridgehead atoms. The number of benzene rings is 2. The lowest BCUT2D eigenvalue weighted by atomic mass is 9.85. The first-order chi connectivity index (χ1) is 16.1. The number of aromatic nitrogens is 1. The highest BCUT2D eigenvalue weighted by Crippen LogP contribution is 2.36. The number of piperidine rings is 1. The van der Waals surface area contributed by atoms with E-state index in [1.165, 1.54) is 0 Å². The average Bonchev–Trinajstić information content (AvgIpc) is 2.84. The van der Waals surface area contributed by atoms with Crippen molar-refractivity contribution in [3.8, 4) is 5.75 Å². The van der Waals surface area contributed by atoms with E-state index >= 15 is 0 Å². The fourth-order valence-corrected chi connectivity index (χ4v) is 4.78. The number of amides is 2. The van der Waals surface area contributed by atoms with Crippen LogP contribution in [0.1, 0.15) is 52.9 Å². The average molecular weight is 442 g/mol. The Morgan fingerprint density at radius 3 is 2.73 bits per heavy atom. The number of carbonyl (C=O) groups is 2. The number of allylic oxidation sites excluding steroid dienone is 1. The van der Waals surface area contributed by atoms with E-state index in [0.29, 0.717) is 18.5 Å². The number of hydrogen-bond acceptors (Lipinski definition) is 4. The maximum Gasteiger partial charge on any atom is 0.252 e. The Balaban J connectivity index is 1.59. The smallest absolute Gasteiger partial charge is 0.252 e. The molecule has 0 spiro atoms. The first-order valence-corrected chi connectivity index (χ1v) is 11.5. The van der Waals surface area contributed by atoms with E-state index in [1.54, 1.807) is 7.11 Å². The van der Waals surface area contributed by atoms with E-state index in [9.17, 15) is 9.59 Å². The number of para-hydroxylation sites is 1. The molecule has 1 atom stereocenters. The van der Waals surface area contributed by atoms with Gasteiger partial charge in [-0.2, -0.15) is 0 Å². The zero-order valence-corrected chi connectivity index (χ0v) is 18.7. The Kier molecular flexibility index (Phi) is 5.82. The Morgan fingerprint density at radius 1 is 1.12 bits per heavy atom. The summed E-state index contributed by atoms with van der Waals surface area (Å²) in [4.78, 5) is 30.8. The third-order valence-corrected chi connectivity index (χ3v) is 6.44. The number of methoxy groups -OCH3 is 1. The third kappa shape index (κ3) is 4.21. The van der Waals surface area contributed by atoms with Crippen LogP contribution in [-0.2, 0) is 11.2 Å². The van der Waals surface area contributed by atoms with Crippen LogP contribution in [0.2, 0.25) is 0 Å². The molecule has 0 saturated carbocycles. The van der Waals surface area contributed by atoms with E-state index in [0.717, 1.165) is 64.7 Å². The summed E-state index contributed by atoms with van der Waals surface area (Å²) in [5.74, 6) is 0.510. The Labute approximate surface area is 193 Å². The first-order valence-electron chi connectivity index (χ1n) is 11.5. The van der Waals surface area contributed by atoms with Gasteiger partial charge in [-0.15, -0.1) is 0 Å². The summed E-state index contributed by atoms with van der Waals surface area (Å²) in [6.45, 7) is 0.665. The molecule has 6 heteroatoms. The van der Waals surface area contributed by atoms with Gasteiger partial charge in [0.15, 0.2) is 0 Å². The number of rotatable bonds is 4. The molecule has 1 saturated heterocycles. The van der Waals surface area contributed by atoms with Crippen molar-refractivity contribution >= 4 is 34.4 Å². The van der Waals surface area contributed by atoms with E-state index in [-0.39, 0.29) is 11.8 Å². The molecular weight excluding hydrogens is 414 g/mol. The van der Waals surface area contributed by atoms with Crippen LogP contribution < -0.4 is 15.4 Å². The molecule has 2 aromatic carbocycles. The number of pyridine rings is 1. The van der Waals surface area contributed by atoms with E-state index in [1.807, 2.05) is 48.5 Å². The molecule has 2 heterocycles. The van der Waals surface area contributed by atoms with Crippen LogP contribution in [0.3, 0.4) is 0 Å². The molecule has 1 aromatic heterocycles. The highest BCUT2D eigenvalue weighted by atomic mass is 16.5. The van der Waals surface area contributed by atoms with Gasteiger partial charge in [-0.1, -0.05) is 30.3 Å². The quantitative estimate of drug-likeness (QED) is 0.638. The maximum atomic E-state index is 13.5. The molecule has 2 aliphatic rings. The minimum atomic E-state index is -0.494. The predicted molar refractivity (Wildman–Crippen MR) is 129 cm³/mol. The molecule has 3 aromatic rings. The molecular formula is C27H27N3O3. The first kappa shape index (κ1) is 21.2. The molecule has 2 amide bonds. The van der Waals surface area contributed by atoms with Crippen molar-refractivity contribution in [2.45, 2.75) is 38.1 Å². The Morgan fingerprint density at radius 2 is 1.94 bits per heavy atom. The number of ether oxygens (including phenoxy) is 1. The number of hydrogen-bond donors (Lipinski definition) is 2. The van der Waals surface area contributed by atoms with Crippen LogP contribution >= 0.6 is 0 Å². The number of nitrogens with one attached hydrogen (secondary N) is 2. The van der Waals surface area contributed by atoms with Crippen LogP contribution in [0.25, 0.3) is 22.6 Å². The monoisotopic (exact) mass is 441 g/mol. The fourth-order valence-electron chi connectivity index (χ4n) is 4.78. The summed E-state index contributed by atoms with van der Waals surface area (Å²) in [7, 11) is 1.66. The van der Waals surface area contributed by atoms with Gasteiger partial charge in [-0.05, 0) is 73.1 Å². The topological polar surface area (TPSA) is 80.3 Å². The molecule has 6 nitrogen and oxygen atoms in total. The van der Waals surface area contributed by atoms with E-state index in [4.69, 9.17) is 9.72 Å². The number of nitrogens with zero attached hydrogens (tertiary/aromatic N) is 1. The zero-order valence-electron chi connectivity index (χ0n) is 18.7.